The number of hydrogen-bond acceptors (Lipinski definition) is 6. The number of hydrogen-bond donors (Lipinski definition) is 2. The van der Waals surface area contributed by atoms with E-state index in [2.05, 4.69) is 0 Å². The van der Waals surface area contributed by atoms with Crippen LogP contribution >= 0.6 is 0 Å². The summed E-state index contributed by atoms with van der Waals surface area (Å²) in [6, 6.07) is 13.9. The van der Waals surface area contributed by atoms with E-state index < -0.39 is 17.9 Å². The van der Waals surface area contributed by atoms with Gasteiger partial charge in [-0.05, 0) is 72.6 Å². The van der Waals surface area contributed by atoms with Gasteiger partial charge in [-0.2, -0.15) is 0 Å². The van der Waals surface area contributed by atoms with Crippen LogP contribution < -0.4 is 0 Å². The van der Waals surface area contributed by atoms with Crippen LogP contribution in [0.15, 0.2) is 54.1 Å². The lowest BCUT2D eigenvalue weighted by Crippen LogP contribution is -2.35. The molecule has 0 heterocycles. The van der Waals surface area contributed by atoms with Crippen molar-refractivity contribution >= 4 is 17.5 Å². The summed E-state index contributed by atoms with van der Waals surface area (Å²) in [5.74, 6) is -2.00. The van der Waals surface area contributed by atoms with Crippen LogP contribution in [0.3, 0.4) is 0 Å². The fourth-order valence-corrected chi connectivity index (χ4v) is 4.18. The Hall–Kier alpha value is -3.28. The second-order valence-corrected chi connectivity index (χ2v) is 7.45. The van der Waals surface area contributed by atoms with Gasteiger partial charge in [0.2, 0.25) is 0 Å². The maximum absolute atomic E-state index is 12.3. The van der Waals surface area contributed by atoms with Crippen LogP contribution in [-0.2, 0) is 19.1 Å². The summed E-state index contributed by atoms with van der Waals surface area (Å²) in [5.41, 5.74) is 3.93. The molecule has 0 aliphatic heterocycles. The number of aromatic hydroxyl groups is 2. The lowest BCUT2D eigenvalue weighted by molar-refractivity contribution is -0.161. The molecule has 3 rings (SSSR count). The zero-order valence-corrected chi connectivity index (χ0v) is 17.1. The fraction of sp³-hybridized carbons (Fsp3) is 0.333. The number of esters is 2. The first kappa shape index (κ1) is 21.4. The number of phenolic OH excluding ortho intramolecular Hbond substituents is 2. The van der Waals surface area contributed by atoms with E-state index in [-0.39, 0.29) is 17.4 Å². The van der Waals surface area contributed by atoms with Crippen LogP contribution in [0.1, 0.15) is 36.8 Å². The smallest absolute Gasteiger partial charge is 0.320 e. The maximum atomic E-state index is 12.3. The first-order chi connectivity index (χ1) is 14.4. The van der Waals surface area contributed by atoms with E-state index >= 15 is 0 Å². The van der Waals surface area contributed by atoms with Gasteiger partial charge < -0.3 is 19.7 Å². The van der Waals surface area contributed by atoms with E-state index in [0.717, 1.165) is 41.5 Å². The SMILES string of the molecule is COC(=O)C(C(=O)OC)C1CCCC(=C(c2ccc(O)cc2)c2ccc(O)cc2)C1. The number of allylic oxidation sites excluding steroid dienone is 1. The Morgan fingerprint density at radius 2 is 1.33 bits per heavy atom. The van der Waals surface area contributed by atoms with Crippen molar-refractivity contribution < 1.29 is 29.3 Å². The average molecular weight is 410 g/mol. The molecule has 2 aromatic rings. The summed E-state index contributed by atoms with van der Waals surface area (Å²) in [4.78, 5) is 24.6. The number of benzene rings is 2. The highest BCUT2D eigenvalue weighted by atomic mass is 16.5. The molecule has 0 spiro atoms. The molecule has 2 aromatic carbocycles. The van der Waals surface area contributed by atoms with E-state index in [1.165, 1.54) is 14.2 Å². The van der Waals surface area contributed by atoms with Crippen molar-refractivity contribution in [3.63, 3.8) is 0 Å². The van der Waals surface area contributed by atoms with Crippen LogP contribution in [0.25, 0.3) is 5.57 Å². The molecular weight excluding hydrogens is 384 g/mol. The lowest BCUT2D eigenvalue weighted by Gasteiger charge is -2.30. The molecule has 1 aliphatic rings. The highest BCUT2D eigenvalue weighted by Gasteiger charge is 2.38. The minimum atomic E-state index is -0.962. The van der Waals surface area contributed by atoms with Crippen molar-refractivity contribution in [2.24, 2.45) is 11.8 Å². The second kappa shape index (κ2) is 9.48. The summed E-state index contributed by atoms with van der Waals surface area (Å²) < 4.78 is 9.74. The highest BCUT2D eigenvalue weighted by molar-refractivity contribution is 5.95. The predicted molar refractivity (Wildman–Crippen MR) is 112 cm³/mol. The van der Waals surface area contributed by atoms with E-state index in [1.54, 1.807) is 24.3 Å². The van der Waals surface area contributed by atoms with Gasteiger partial charge in [-0.25, -0.2) is 0 Å². The quantitative estimate of drug-likeness (QED) is 0.571. The third kappa shape index (κ3) is 4.64. The van der Waals surface area contributed by atoms with Crippen LogP contribution in [0.5, 0.6) is 11.5 Å². The fourth-order valence-electron chi connectivity index (χ4n) is 4.18. The third-order valence-electron chi connectivity index (χ3n) is 5.61. The summed E-state index contributed by atoms with van der Waals surface area (Å²) in [5, 5.41) is 19.4. The van der Waals surface area contributed by atoms with E-state index in [1.807, 2.05) is 24.3 Å². The Bertz CT molecular complexity index is 864. The zero-order valence-electron chi connectivity index (χ0n) is 17.1. The summed E-state index contributed by atoms with van der Waals surface area (Å²) >= 11 is 0. The molecule has 0 bridgehead atoms. The number of phenols is 2. The summed E-state index contributed by atoms with van der Waals surface area (Å²) in [7, 11) is 2.55. The van der Waals surface area contributed by atoms with Crippen LogP contribution in [-0.4, -0.2) is 36.4 Å². The van der Waals surface area contributed by atoms with Gasteiger partial charge in [-0.1, -0.05) is 29.8 Å². The van der Waals surface area contributed by atoms with Crippen molar-refractivity contribution in [3.05, 3.63) is 65.2 Å². The van der Waals surface area contributed by atoms with Crippen molar-refractivity contribution in [1.29, 1.82) is 0 Å². The van der Waals surface area contributed by atoms with Gasteiger partial charge in [0.25, 0.3) is 0 Å². The molecule has 0 radical (unpaired) electrons. The van der Waals surface area contributed by atoms with Gasteiger partial charge in [-0.3, -0.25) is 9.59 Å². The zero-order chi connectivity index (χ0) is 21.7. The van der Waals surface area contributed by atoms with Gasteiger partial charge in [0, 0.05) is 0 Å². The average Bonchev–Trinajstić information content (AvgIpc) is 2.76. The molecule has 6 heteroatoms. The molecule has 1 fully saturated rings. The Morgan fingerprint density at radius 3 is 1.77 bits per heavy atom. The molecular formula is C24H26O6. The number of methoxy groups -OCH3 is 2. The molecule has 1 atom stereocenters. The van der Waals surface area contributed by atoms with Crippen molar-refractivity contribution in [1.82, 2.24) is 0 Å². The number of rotatable bonds is 5. The van der Waals surface area contributed by atoms with Crippen molar-refractivity contribution in [2.75, 3.05) is 14.2 Å². The monoisotopic (exact) mass is 410 g/mol. The first-order valence-electron chi connectivity index (χ1n) is 9.91. The molecule has 30 heavy (non-hydrogen) atoms. The minimum Gasteiger partial charge on any atom is -0.508 e. The molecule has 0 aromatic heterocycles. The molecule has 158 valence electrons. The maximum Gasteiger partial charge on any atom is 0.320 e. The van der Waals surface area contributed by atoms with E-state index in [9.17, 15) is 19.8 Å². The standard InChI is InChI=1S/C24H26O6/c1-29-23(27)22(24(28)30-2)18-5-3-4-17(14-18)21(15-6-10-19(25)11-7-15)16-8-12-20(26)13-9-16/h6-13,18,22,25-26H,3-5,14H2,1-2H3. The normalized spacial score (nSPS) is 16.2. The van der Waals surface area contributed by atoms with Gasteiger partial charge in [0.05, 0.1) is 14.2 Å². The van der Waals surface area contributed by atoms with Gasteiger partial charge in [-0.15, -0.1) is 0 Å². The largest absolute Gasteiger partial charge is 0.508 e. The van der Waals surface area contributed by atoms with Gasteiger partial charge in [0.1, 0.15) is 11.5 Å². The number of ether oxygens (including phenoxy) is 2. The molecule has 1 unspecified atom stereocenters. The molecule has 1 saturated carbocycles. The molecule has 0 amide bonds. The second-order valence-electron chi connectivity index (χ2n) is 7.45. The Morgan fingerprint density at radius 1 is 0.867 bits per heavy atom. The van der Waals surface area contributed by atoms with E-state index in [4.69, 9.17) is 9.47 Å². The number of carbonyl (C=O) groups is 2. The molecule has 2 N–H and O–H groups in total. The lowest BCUT2D eigenvalue weighted by atomic mass is 9.74. The minimum absolute atomic E-state index is 0.173. The van der Waals surface area contributed by atoms with Crippen LogP contribution in [0.4, 0.5) is 0 Å². The van der Waals surface area contributed by atoms with E-state index in [0.29, 0.717) is 6.42 Å². The number of carbonyl (C=O) groups excluding carboxylic acids is 2. The van der Waals surface area contributed by atoms with Crippen LogP contribution in [0, 0.1) is 11.8 Å². The van der Waals surface area contributed by atoms with Crippen molar-refractivity contribution in [3.8, 4) is 11.5 Å². The Kier molecular flexibility index (Phi) is 6.77. The molecule has 6 nitrogen and oxygen atoms in total. The summed E-state index contributed by atoms with van der Waals surface area (Å²) in [6.45, 7) is 0. The highest BCUT2D eigenvalue weighted by Crippen LogP contribution is 2.41. The topological polar surface area (TPSA) is 93.1 Å². The first-order valence-corrected chi connectivity index (χ1v) is 9.91. The van der Waals surface area contributed by atoms with Crippen LogP contribution in [0.2, 0.25) is 0 Å². The molecule has 0 saturated heterocycles. The van der Waals surface area contributed by atoms with Gasteiger partial charge in [0.15, 0.2) is 5.92 Å². The van der Waals surface area contributed by atoms with Crippen molar-refractivity contribution in [2.45, 2.75) is 25.7 Å². The predicted octanol–water partition coefficient (Wildman–Crippen LogP) is 4.05. The Balaban J connectivity index is 2.06. The Labute approximate surface area is 175 Å². The molecule has 1 aliphatic carbocycles. The van der Waals surface area contributed by atoms with Gasteiger partial charge >= 0.3 is 11.9 Å². The third-order valence-corrected chi connectivity index (χ3v) is 5.61. The summed E-state index contributed by atoms with van der Waals surface area (Å²) in [6.07, 6.45) is 2.91.